The van der Waals surface area contributed by atoms with Gasteiger partial charge >= 0.3 is 0 Å². The number of amides is 2. The van der Waals surface area contributed by atoms with Gasteiger partial charge in [0.15, 0.2) is 11.5 Å². The number of hydrogen-bond acceptors (Lipinski definition) is 6. The molecule has 9 nitrogen and oxygen atoms in total. The maximum absolute atomic E-state index is 13.7. The molecule has 0 aromatic heterocycles. The molecule has 1 unspecified atom stereocenters. The van der Waals surface area contributed by atoms with E-state index < -0.39 is 28.5 Å². The van der Waals surface area contributed by atoms with Crippen molar-refractivity contribution >= 4 is 27.5 Å². The fraction of sp³-hybridized carbons (Fsp3) is 0.462. The number of fused-ring (bicyclic) bond motifs is 1. The first kappa shape index (κ1) is 27.3. The van der Waals surface area contributed by atoms with Gasteiger partial charge in [-0.3, -0.25) is 13.9 Å². The molecule has 1 N–H and O–H groups in total. The van der Waals surface area contributed by atoms with Crippen molar-refractivity contribution in [2.24, 2.45) is 5.92 Å². The monoisotopic (exact) mass is 517 g/mol. The number of carbonyl (C=O) groups is 2. The summed E-state index contributed by atoms with van der Waals surface area (Å²) in [5, 5.41) is 2.91. The Balaban J connectivity index is 1.92. The fourth-order valence-electron chi connectivity index (χ4n) is 3.92. The van der Waals surface area contributed by atoms with Gasteiger partial charge in [-0.15, -0.1) is 0 Å². The molecule has 2 aromatic carbocycles. The molecule has 10 heteroatoms. The van der Waals surface area contributed by atoms with Crippen LogP contribution >= 0.6 is 0 Å². The van der Waals surface area contributed by atoms with Crippen LogP contribution in [0.15, 0.2) is 48.5 Å². The third-order valence-corrected chi connectivity index (χ3v) is 6.90. The van der Waals surface area contributed by atoms with Crippen molar-refractivity contribution in [2.75, 3.05) is 36.9 Å². The molecule has 2 aromatic rings. The van der Waals surface area contributed by atoms with Gasteiger partial charge in [-0.05, 0) is 30.0 Å². The molecule has 0 radical (unpaired) electrons. The maximum atomic E-state index is 13.7. The van der Waals surface area contributed by atoms with Crippen molar-refractivity contribution in [3.63, 3.8) is 0 Å². The molecular formula is C26H35N3O6S. The van der Waals surface area contributed by atoms with Crippen LogP contribution in [0.1, 0.15) is 32.8 Å². The lowest BCUT2D eigenvalue weighted by atomic mass is 10.1. The lowest BCUT2D eigenvalue weighted by Gasteiger charge is -2.33. The number of carbonyl (C=O) groups excluding carboxylic acids is 2. The lowest BCUT2D eigenvalue weighted by Crippen LogP contribution is -2.52. The van der Waals surface area contributed by atoms with Gasteiger partial charge in [0.1, 0.15) is 25.8 Å². The number of rotatable bonds is 11. The molecule has 0 fully saturated rings. The summed E-state index contributed by atoms with van der Waals surface area (Å²) in [6, 6.07) is 13.3. The van der Waals surface area contributed by atoms with Crippen LogP contribution in [-0.2, 0) is 26.2 Å². The first-order valence-corrected chi connectivity index (χ1v) is 13.9. The zero-order valence-corrected chi connectivity index (χ0v) is 22.1. The van der Waals surface area contributed by atoms with Crippen LogP contribution in [0, 0.1) is 5.92 Å². The molecule has 0 spiro atoms. The van der Waals surface area contributed by atoms with E-state index in [1.54, 1.807) is 18.2 Å². The van der Waals surface area contributed by atoms with Crippen molar-refractivity contribution in [3.05, 3.63) is 54.1 Å². The van der Waals surface area contributed by atoms with Gasteiger partial charge in [0, 0.05) is 19.2 Å². The number of benzene rings is 2. The van der Waals surface area contributed by atoms with E-state index in [-0.39, 0.29) is 24.1 Å². The van der Waals surface area contributed by atoms with Crippen molar-refractivity contribution in [1.82, 2.24) is 10.2 Å². The number of anilines is 1. The molecule has 2 amide bonds. The molecule has 1 aliphatic heterocycles. The van der Waals surface area contributed by atoms with E-state index in [1.807, 2.05) is 51.1 Å². The number of sulfonamides is 1. The lowest BCUT2D eigenvalue weighted by molar-refractivity contribution is -0.140. The summed E-state index contributed by atoms with van der Waals surface area (Å²) in [7, 11) is -3.83. The van der Waals surface area contributed by atoms with Crippen molar-refractivity contribution < 1.29 is 27.5 Å². The quantitative estimate of drug-likeness (QED) is 0.492. The first-order chi connectivity index (χ1) is 17.1. The topological polar surface area (TPSA) is 105 Å². The molecule has 0 saturated heterocycles. The molecule has 1 aliphatic rings. The van der Waals surface area contributed by atoms with E-state index in [0.29, 0.717) is 37.7 Å². The molecule has 3 rings (SSSR count). The Hall–Kier alpha value is -3.27. The Labute approximate surface area is 213 Å². The highest BCUT2D eigenvalue weighted by atomic mass is 32.2. The molecule has 1 heterocycles. The average molecular weight is 518 g/mol. The van der Waals surface area contributed by atoms with Gasteiger partial charge in [-0.2, -0.15) is 0 Å². The van der Waals surface area contributed by atoms with Crippen LogP contribution in [0.25, 0.3) is 0 Å². The Morgan fingerprint density at radius 1 is 1.03 bits per heavy atom. The van der Waals surface area contributed by atoms with E-state index in [9.17, 15) is 18.0 Å². The largest absolute Gasteiger partial charge is 0.486 e. The van der Waals surface area contributed by atoms with E-state index in [0.717, 1.165) is 16.1 Å². The SMILES string of the molecule is CCC(C(=O)NCC(C)C)N(Cc1ccccc1)C(=O)CN(c1ccc2c(c1)OCCO2)S(C)(=O)=O. The summed E-state index contributed by atoms with van der Waals surface area (Å²) in [6.45, 7) is 6.77. The Morgan fingerprint density at radius 2 is 1.69 bits per heavy atom. The van der Waals surface area contributed by atoms with Gasteiger partial charge in [0.2, 0.25) is 21.8 Å². The minimum absolute atomic E-state index is 0.173. The second kappa shape index (κ2) is 12.1. The van der Waals surface area contributed by atoms with E-state index in [4.69, 9.17) is 9.47 Å². The standard InChI is InChI=1S/C26H35N3O6S/c1-5-22(26(31)27-16-19(2)3)28(17-20-9-7-6-8-10-20)25(30)18-29(36(4,32)33)21-11-12-23-24(15-21)35-14-13-34-23/h6-12,15,19,22H,5,13-14,16-18H2,1-4H3,(H,27,31). The van der Waals surface area contributed by atoms with Gasteiger partial charge in [0.25, 0.3) is 0 Å². The van der Waals surface area contributed by atoms with Crippen LogP contribution in [0.5, 0.6) is 11.5 Å². The van der Waals surface area contributed by atoms with Gasteiger partial charge in [-0.25, -0.2) is 8.42 Å². The van der Waals surface area contributed by atoms with Crippen molar-refractivity contribution in [1.29, 1.82) is 0 Å². The van der Waals surface area contributed by atoms with Gasteiger partial charge < -0.3 is 19.7 Å². The zero-order chi connectivity index (χ0) is 26.3. The van der Waals surface area contributed by atoms with E-state index in [1.165, 1.54) is 4.90 Å². The highest BCUT2D eigenvalue weighted by Gasteiger charge is 2.32. The second-order valence-corrected chi connectivity index (χ2v) is 11.1. The number of nitrogens with zero attached hydrogens (tertiary/aromatic N) is 2. The Kier molecular flexibility index (Phi) is 9.19. The van der Waals surface area contributed by atoms with E-state index in [2.05, 4.69) is 5.32 Å². The summed E-state index contributed by atoms with van der Waals surface area (Å²) in [5.74, 6) is 0.441. The first-order valence-electron chi connectivity index (χ1n) is 12.1. The fourth-order valence-corrected chi connectivity index (χ4v) is 4.76. The highest BCUT2D eigenvalue weighted by Crippen LogP contribution is 2.34. The predicted molar refractivity (Wildman–Crippen MR) is 139 cm³/mol. The normalized spacial score (nSPS) is 13.7. The average Bonchev–Trinajstić information content (AvgIpc) is 2.85. The van der Waals surface area contributed by atoms with Crippen LogP contribution in [0.2, 0.25) is 0 Å². The molecule has 36 heavy (non-hydrogen) atoms. The summed E-state index contributed by atoms with van der Waals surface area (Å²) >= 11 is 0. The molecule has 0 saturated carbocycles. The van der Waals surface area contributed by atoms with Crippen molar-refractivity contribution in [3.8, 4) is 11.5 Å². The maximum Gasteiger partial charge on any atom is 0.244 e. The Morgan fingerprint density at radius 3 is 2.31 bits per heavy atom. The Bertz CT molecular complexity index is 1150. The van der Waals surface area contributed by atoms with Gasteiger partial charge in [0.05, 0.1) is 11.9 Å². The molecular weight excluding hydrogens is 482 g/mol. The molecule has 0 aliphatic carbocycles. The highest BCUT2D eigenvalue weighted by molar-refractivity contribution is 7.92. The van der Waals surface area contributed by atoms with Crippen molar-refractivity contribution in [2.45, 2.75) is 39.8 Å². The third-order valence-electron chi connectivity index (χ3n) is 5.76. The van der Waals surface area contributed by atoms with E-state index >= 15 is 0 Å². The van der Waals surface area contributed by atoms with Crippen LogP contribution in [0.3, 0.4) is 0 Å². The summed E-state index contributed by atoms with van der Waals surface area (Å²) < 4.78 is 37.7. The minimum atomic E-state index is -3.83. The number of nitrogens with one attached hydrogen (secondary N) is 1. The number of ether oxygens (including phenoxy) is 2. The van der Waals surface area contributed by atoms with Crippen LogP contribution in [0.4, 0.5) is 5.69 Å². The van der Waals surface area contributed by atoms with Gasteiger partial charge in [-0.1, -0.05) is 51.1 Å². The zero-order valence-electron chi connectivity index (χ0n) is 21.3. The smallest absolute Gasteiger partial charge is 0.244 e. The second-order valence-electron chi connectivity index (χ2n) is 9.17. The molecule has 1 atom stereocenters. The van der Waals surface area contributed by atoms with Crippen LogP contribution in [-0.4, -0.2) is 63.7 Å². The summed E-state index contributed by atoms with van der Waals surface area (Å²) in [5.41, 5.74) is 1.12. The molecule has 0 bridgehead atoms. The third kappa shape index (κ3) is 7.13. The minimum Gasteiger partial charge on any atom is -0.486 e. The predicted octanol–water partition coefficient (Wildman–Crippen LogP) is 2.80. The summed E-state index contributed by atoms with van der Waals surface area (Å²) in [4.78, 5) is 28.2. The van der Waals surface area contributed by atoms with Crippen LogP contribution < -0.4 is 19.1 Å². The molecule has 196 valence electrons. The summed E-state index contributed by atoms with van der Waals surface area (Å²) in [6.07, 6.45) is 1.43. The number of hydrogen-bond donors (Lipinski definition) is 1.